The molecule has 5 nitrogen and oxygen atoms in total. The number of aliphatic hydroxyl groups is 1. The summed E-state index contributed by atoms with van der Waals surface area (Å²) >= 11 is 3.38. The summed E-state index contributed by atoms with van der Waals surface area (Å²) in [6, 6.07) is 5.22. The quantitative estimate of drug-likeness (QED) is 0.866. The van der Waals surface area contributed by atoms with E-state index in [1.807, 2.05) is 26.0 Å². The Kier molecular flexibility index (Phi) is 4.46. The van der Waals surface area contributed by atoms with Crippen LogP contribution in [0.4, 0.5) is 5.69 Å². The third-order valence-electron chi connectivity index (χ3n) is 3.22. The van der Waals surface area contributed by atoms with Crippen LogP contribution in [0.1, 0.15) is 16.8 Å². The number of rotatable bonds is 4. The van der Waals surface area contributed by atoms with Crippen molar-refractivity contribution in [3.05, 3.63) is 45.7 Å². The van der Waals surface area contributed by atoms with Crippen molar-refractivity contribution in [1.82, 2.24) is 4.57 Å². The number of benzene rings is 1. The van der Waals surface area contributed by atoms with E-state index in [0.29, 0.717) is 15.9 Å². The lowest BCUT2D eigenvalue weighted by atomic mass is 10.1. The highest BCUT2D eigenvalue weighted by molar-refractivity contribution is 9.10. The second-order valence-electron chi connectivity index (χ2n) is 4.98. The topological polar surface area (TPSA) is 71.3 Å². The van der Waals surface area contributed by atoms with Gasteiger partial charge in [0.1, 0.15) is 4.90 Å². The van der Waals surface area contributed by atoms with E-state index in [1.165, 1.54) is 12.3 Å². The largest absolute Gasteiger partial charge is 0.390 e. The second-order valence-corrected chi connectivity index (χ2v) is 7.52. The first-order chi connectivity index (χ1) is 9.74. The van der Waals surface area contributed by atoms with E-state index in [4.69, 9.17) is 5.11 Å². The summed E-state index contributed by atoms with van der Waals surface area (Å²) in [6.45, 7) is 3.58. The first-order valence-corrected chi connectivity index (χ1v) is 8.58. The summed E-state index contributed by atoms with van der Waals surface area (Å²) in [5.41, 5.74) is 2.94. The van der Waals surface area contributed by atoms with E-state index in [2.05, 4.69) is 20.7 Å². The van der Waals surface area contributed by atoms with Crippen molar-refractivity contribution in [2.24, 2.45) is 7.05 Å². The second kappa shape index (κ2) is 5.82. The van der Waals surface area contributed by atoms with Crippen molar-refractivity contribution in [2.75, 3.05) is 4.72 Å². The minimum Gasteiger partial charge on any atom is -0.390 e. The fourth-order valence-corrected chi connectivity index (χ4v) is 4.27. The van der Waals surface area contributed by atoms with Gasteiger partial charge in [-0.05, 0) is 53.0 Å². The molecular formula is C14H17BrN2O3S. The minimum absolute atomic E-state index is 0.126. The Bertz CT molecular complexity index is 759. The average Bonchev–Trinajstić information content (AvgIpc) is 2.76. The zero-order valence-electron chi connectivity index (χ0n) is 12.0. The monoisotopic (exact) mass is 372 g/mol. The molecule has 0 bridgehead atoms. The van der Waals surface area contributed by atoms with Crippen molar-refractivity contribution < 1.29 is 13.5 Å². The number of nitrogens with zero attached hydrogens (tertiary/aromatic N) is 1. The average molecular weight is 373 g/mol. The first-order valence-electron chi connectivity index (χ1n) is 6.30. The van der Waals surface area contributed by atoms with Gasteiger partial charge in [-0.1, -0.05) is 6.07 Å². The molecule has 0 fully saturated rings. The number of nitrogens with one attached hydrogen (secondary N) is 1. The lowest BCUT2D eigenvalue weighted by Crippen LogP contribution is -2.13. The minimum atomic E-state index is -3.69. The van der Waals surface area contributed by atoms with Gasteiger partial charge in [0.15, 0.2) is 0 Å². The third kappa shape index (κ3) is 3.30. The van der Waals surface area contributed by atoms with Crippen LogP contribution in [0.15, 0.2) is 33.8 Å². The molecule has 1 aromatic carbocycles. The highest BCUT2D eigenvalue weighted by atomic mass is 79.9. The summed E-state index contributed by atoms with van der Waals surface area (Å²) < 4.78 is 29.8. The van der Waals surface area contributed by atoms with Gasteiger partial charge >= 0.3 is 0 Å². The molecular weight excluding hydrogens is 356 g/mol. The molecule has 0 unspecified atom stereocenters. The zero-order valence-corrected chi connectivity index (χ0v) is 14.4. The zero-order chi connectivity index (χ0) is 15.8. The molecule has 1 heterocycles. The number of halogens is 1. The predicted molar refractivity (Wildman–Crippen MR) is 85.8 cm³/mol. The lowest BCUT2D eigenvalue weighted by molar-refractivity contribution is 0.272. The maximum absolute atomic E-state index is 12.4. The Labute approximate surface area is 132 Å². The van der Waals surface area contributed by atoms with E-state index in [9.17, 15) is 8.42 Å². The van der Waals surface area contributed by atoms with E-state index in [-0.39, 0.29) is 11.5 Å². The van der Waals surface area contributed by atoms with Gasteiger partial charge in [0, 0.05) is 23.4 Å². The van der Waals surface area contributed by atoms with Crippen LogP contribution >= 0.6 is 15.9 Å². The molecule has 0 aliphatic carbocycles. The molecule has 2 N–H and O–H groups in total. The third-order valence-corrected chi connectivity index (χ3v) is 5.17. The first kappa shape index (κ1) is 16.1. The Morgan fingerprint density at radius 2 is 1.95 bits per heavy atom. The fourth-order valence-electron chi connectivity index (χ4n) is 2.12. The van der Waals surface area contributed by atoms with Crippen molar-refractivity contribution in [2.45, 2.75) is 25.3 Å². The van der Waals surface area contributed by atoms with Crippen molar-refractivity contribution in [3.8, 4) is 0 Å². The van der Waals surface area contributed by atoms with Crippen LogP contribution in [0.2, 0.25) is 0 Å². The maximum atomic E-state index is 12.4. The fraction of sp³-hybridized carbons (Fsp3) is 0.286. The van der Waals surface area contributed by atoms with Crippen LogP contribution in [0.5, 0.6) is 0 Å². The van der Waals surface area contributed by atoms with Crippen molar-refractivity contribution in [1.29, 1.82) is 0 Å². The van der Waals surface area contributed by atoms with Crippen molar-refractivity contribution >= 4 is 31.6 Å². The number of aliphatic hydroxyl groups excluding tert-OH is 1. The van der Waals surface area contributed by atoms with Gasteiger partial charge in [-0.3, -0.25) is 4.72 Å². The van der Waals surface area contributed by atoms with Gasteiger partial charge in [0.25, 0.3) is 10.0 Å². The maximum Gasteiger partial charge on any atom is 0.263 e. The number of hydrogen-bond donors (Lipinski definition) is 2. The van der Waals surface area contributed by atoms with Gasteiger partial charge in [-0.25, -0.2) is 8.42 Å². The highest BCUT2D eigenvalue weighted by Gasteiger charge is 2.19. The molecule has 114 valence electrons. The number of hydrogen-bond acceptors (Lipinski definition) is 3. The molecule has 0 spiro atoms. The van der Waals surface area contributed by atoms with Crippen molar-refractivity contribution in [3.63, 3.8) is 0 Å². The Morgan fingerprint density at radius 1 is 1.29 bits per heavy atom. The van der Waals surface area contributed by atoms with E-state index < -0.39 is 10.0 Å². The van der Waals surface area contributed by atoms with Gasteiger partial charge < -0.3 is 9.67 Å². The molecule has 21 heavy (non-hydrogen) atoms. The Morgan fingerprint density at radius 3 is 2.48 bits per heavy atom. The number of anilines is 1. The number of aromatic nitrogens is 1. The summed E-state index contributed by atoms with van der Waals surface area (Å²) in [5, 5.41) is 9.16. The van der Waals surface area contributed by atoms with Crippen LogP contribution in [0.3, 0.4) is 0 Å². The van der Waals surface area contributed by atoms with Crippen LogP contribution in [-0.2, 0) is 23.7 Å². The van der Waals surface area contributed by atoms with Gasteiger partial charge in [-0.15, -0.1) is 0 Å². The molecule has 0 saturated heterocycles. The van der Waals surface area contributed by atoms with Gasteiger partial charge in [0.2, 0.25) is 0 Å². The molecule has 2 rings (SSSR count). The predicted octanol–water partition coefficient (Wildman–Crippen LogP) is 2.70. The Hall–Kier alpha value is -1.31. The summed E-state index contributed by atoms with van der Waals surface area (Å²) in [6.07, 6.45) is 1.48. The summed E-state index contributed by atoms with van der Waals surface area (Å²) in [5.74, 6) is 0. The molecule has 0 atom stereocenters. The Balaban J connectivity index is 2.42. The highest BCUT2D eigenvalue weighted by Crippen LogP contribution is 2.30. The normalized spacial score (nSPS) is 11.7. The van der Waals surface area contributed by atoms with Crippen LogP contribution in [-0.4, -0.2) is 18.1 Å². The molecule has 0 aliphatic rings. The lowest BCUT2D eigenvalue weighted by Gasteiger charge is -2.12. The van der Waals surface area contributed by atoms with Crippen LogP contribution in [0.25, 0.3) is 0 Å². The SMILES string of the molecule is Cc1cc(C)c(NS(=O)(=O)c2cc(CO)n(C)c2)c(Br)c1. The van der Waals surface area contributed by atoms with Crippen LogP contribution in [0, 0.1) is 13.8 Å². The van der Waals surface area contributed by atoms with E-state index >= 15 is 0 Å². The smallest absolute Gasteiger partial charge is 0.263 e. The molecule has 0 aliphatic heterocycles. The molecule has 1 aromatic heterocycles. The molecule has 0 radical (unpaired) electrons. The van der Waals surface area contributed by atoms with Gasteiger partial charge in [0.05, 0.1) is 12.3 Å². The molecule has 7 heteroatoms. The molecule has 0 saturated carbocycles. The number of sulfonamides is 1. The van der Waals surface area contributed by atoms with E-state index in [1.54, 1.807) is 11.6 Å². The summed E-state index contributed by atoms with van der Waals surface area (Å²) in [7, 11) is -2.00. The number of aryl methyl sites for hydroxylation is 3. The molecule has 2 aromatic rings. The van der Waals surface area contributed by atoms with E-state index in [0.717, 1.165) is 11.1 Å². The summed E-state index contributed by atoms with van der Waals surface area (Å²) in [4.78, 5) is 0.126. The van der Waals surface area contributed by atoms with Gasteiger partial charge in [-0.2, -0.15) is 0 Å². The standard InChI is InChI=1S/C14H17BrN2O3S/c1-9-4-10(2)14(13(15)5-9)16-21(19,20)12-6-11(8-18)17(3)7-12/h4-7,16,18H,8H2,1-3H3. The molecule has 0 amide bonds. The van der Waals surface area contributed by atoms with Crippen LogP contribution < -0.4 is 4.72 Å².